The highest BCUT2D eigenvalue weighted by Crippen LogP contribution is 2.53. The summed E-state index contributed by atoms with van der Waals surface area (Å²) in [6, 6.07) is 70.7. The fraction of sp³-hybridized carbons (Fsp3) is 0.0545. The highest BCUT2D eigenvalue weighted by Gasteiger charge is 2.38. The van der Waals surface area contributed by atoms with Crippen LogP contribution in [0.4, 0.5) is 17.1 Å². The monoisotopic (exact) mass is 728 g/mol. The van der Waals surface area contributed by atoms with Crippen LogP contribution in [0.5, 0.6) is 0 Å². The van der Waals surface area contributed by atoms with Crippen molar-refractivity contribution in [1.29, 1.82) is 0 Å². The molecule has 0 saturated carbocycles. The van der Waals surface area contributed by atoms with Gasteiger partial charge in [0.15, 0.2) is 0 Å². The van der Waals surface area contributed by atoms with Gasteiger partial charge in [0.25, 0.3) is 0 Å². The Balaban J connectivity index is 1.05. The van der Waals surface area contributed by atoms with E-state index in [-0.39, 0.29) is 5.41 Å². The maximum atomic E-state index is 2.50. The molecule has 0 saturated heterocycles. The predicted octanol–water partition coefficient (Wildman–Crippen LogP) is 15.0. The Hall–Kier alpha value is -7.16. The number of nitrogens with zero attached hydrogens (tertiary/aromatic N) is 2. The van der Waals surface area contributed by atoms with Gasteiger partial charge in [-0.2, -0.15) is 0 Å². The van der Waals surface area contributed by atoms with Crippen molar-refractivity contribution >= 4 is 72.6 Å². The van der Waals surface area contributed by atoms with Crippen LogP contribution in [0, 0.1) is 0 Å². The number of aromatic nitrogens is 1. The second-order valence-corrected chi connectivity index (χ2v) is 15.7. The maximum absolute atomic E-state index is 2.50. The summed E-state index contributed by atoms with van der Waals surface area (Å²) in [5.74, 6) is 0. The number of benzene rings is 9. The van der Waals surface area contributed by atoms with Crippen molar-refractivity contribution in [1.82, 2.24) is 4.57 Å². The summed E-state index contributed by atoms with van der Waals surface area (Å²) in [6.45, 7) is 4.77. The van der Waals surface area contributed by atoms with Gasteiger partial charge in [0.1, 0.15) is 0 Å². The molecule has 0 amide bonds. The number of fused-ring (bicyclic) bond motifs is 9. The van der Waals surface area contributed by atoms with Crippen molar-refractivity contribution < 1.29 is 0 Å². The first kappa shape index (κ1) is 33.2. The SMILES string of the molecule is CC1(C)c2ccccc2-c2ccc3c4ccccc4n(-c4ccc(C=Cc5c6ccccc6c(N(c6ccccc6)c6ccccc6)c6ccccc56)cc4)c3c21. The number of hydrogen-bond acceptors (Lipinski definition) is 1. The van der Waals surface area contributed by atoms with Crippen LogP contribution in [0.3, 0.4) is 0 Å². The number of rotatable bonds is 6. The molecule has 0 N–H and O–H groups in total. The fourth-order valence-corrected chi connectivity index (χ4v) is 9.62. The van der Waals surface area contributed by atoms with E-state index in [0.717, 1.165) is 16.9 Å². The van der Waals surface area contributed by atoms with Gasteiger partial charge in [0.2, 0.25) is 0 Å². The molecule has 2 nitrogen and oxygen atoms in total. The van der Waals surface area contributed by atoms with Gasteiger partial charge in [-0.05, 0) is 86.6 Å². The van der Waals surface area contributed by atoms with Crippen LogP contribution in [0.25, 0.3) is 72.3 Å². The molecule has 0 unspecified atom stereocenters. The smallest absolute Gasteiger partial charge is 0.0618 e. The van der Waals surface area contributed by atoms with E-state index in [4.69, 9.17) is 0 Å². The molecule has 57 heavy (non-hydrogen) atoms. The highest BCUT2D eigenvalue weighted by molar-refractivity contribution is 6.19. The lowest BCUT2D eigenvalue weighted by atomic mass is 9.81. The lowest BCUT2D eigenvalue weighted by Gasteiger charge is -2.29. The molecule has 270 valence electrons. The van der Waals surface area contributed by atoms with Crippen LogP contribution in [-0.4, -0.2) is 4.57 Å². The van der Waals surface area contributed by atoms with Crippen LogP contribution in [-0.2, 0) is 5.41 Å². The molecular formula is C55H40N2. The molecule has 0 aliphatic heterocycles. The Morgan fingerprint density at radius 1 is 0.439 bits per heavy atom. The molecule has 0 radical (unpaired) electrons. The average Bonchev–Trinajstić information content (AvgIpc) is 3.72. The van der Waals surface area contributed by atoms with Crippen LogP contribution < -0.4 is 4.90 Å². The minimum Gasteiger partial charge on any atom is -0.309 e. The topological polar surface area (TPSA) is 8.17 Å². The molecule has 0 spiro atoms. The molecule has 0 bridgehead atoms. The van der Waals surface area contributed by atoms with Crippen LogP contribution in [0.1, 0.15) is 36.1 Å². The van der Waals surface area contributed by atoms with Crippen molar-refractivity contribution in [3.8, 4) is 16.8 Å². The third-order valence-corrected chi connectivity index (χ3v) is 12.1. The first-order valence-electron chi connectivity index (χ1n) is 19.9. The summed E-state index contributed by atoms with van der Waals surface area (Å²) in [5.41, 5.74) is 14.9. The van der Waals surface area contributed by atoms with Gasteiger partial charge in [-0.3, -0.25) is 0 Å². The van der Waals surface area contributed by atoms with Crippen LogP contribution in [0.15, 0.2) is 194 Å². The fourth-order valence-electron chi connectivity index (χ4n) is 9.62. The number of hydrogen-bond donors (Lipinski definition) is 0. The zero-order chi connectivity index (χ0) is 38.1. The number of para-hydroxylation sites is 3. The normalized spacial score (nSPS) is 13.2. The Morgan fingerprint density at radius 3 is 1.63 bits per heavy atom. The first-order chi connectivity index (χ1) is 28.1. The lowest BCUT2D eigenvalue weighted by molar-refractivity contribution is 0.664. The summed E-state index contributed by atoms with van der Waals surface area (Å²) in [4.78, 5) is 2.40. The number of anilines is 3. The van der Waals surface area contributed by atoms with E-state index in [1.165, 1.54) is 82.5 Å². The van der Waals surface area contributed by atoms with Gasteiger partial charge in [-0.25, -0.2) is 0 Å². The Morgan fingerprint density at radius 2 is 0.982 bits per heavy atom. The van der Waals surface area contributed by atoms with E-state index in [0.29, 0.717) is 0 Å². The van der Waals surface area contributed by atoms with Crippen LogP contribution >= 0.6 is 0 Å². The molecule has 11 rings (SSSR count). The molecule has 0 atom stereocenters. The van der Waals surface area contributed by atoms with Crippen molar-refractivity contribution in [2.75, 3.05) is 4.90 Å². The first-order valence-corrected chi connectivity index (χ1v) is 19.9. The summed E-state index contributed by atoms with van der Waals surface area (Å²) in [7, 11) is 0. The summed E-state index contributed by atoms with van der Waals surface area (Å²) >= 11 is 0. The molecule has 1 heterocycles. The van der Waals surface area contributed by atoms with E-state index in [1.807, 2.05) is 0 Å². The average molecular weight is 729 g/mol. The van der Waals surface area contributed by atoms with Gasteiger partial charge in [-0.1, -0.05) is 178 Å². The highest BCUT2D eigenvalue weighted by atomic mass is 15.1. The molecule has 1 aliphatic carbocycles. The Bertz CT molecular complexity index is 3090. The van der Waals surface area contributed by atoms with Gasteiger partial charge in [0, 0.05) is 44.0 Å². The lowest BCUT2D eigenvalue weighted by Crippen LogP contribution is -2.16. The largest absolute Gasteiger partial charge is 0.309 e. The van der Waals surface area contributed by atoms with Gasteiger partial charge in [-0.15, -0.1) is 0 Å². The van der Waals surface area contributed by atoms with Crippen molar-refractivity contribution in [3.05, 3.63) is 216 Å². The van der Waals surface area contributed by atoms with Crippen molar-refractivity contribution in [2.45, 2.75) is 19.3 Å². The molecular weight excluding hydrogens is 689 g/mol. The van der Waals surface area contributed by atoms with Gasteiger partial charge in [0.05, 0.1) is 16.7 Å². The van der Waals surface area contributed by atoms with Crippen molar-refractivity contribution in [3.63, 3.8) is 0 Å². The Labute approximate surface area is 333 Å². The summed E-state index contributed by atoms with van der Waals surface area (Å²) in [6.07, 6.45) is 4.58. The van der Waals surface area contributed by atoms with Crippen LogP contribution in [0.2, 0.25) is 0 Å². The summed E-state index contributed by atoms with van der Waals surface area (Å²) < 4.78 is 2.50. The molecule has 1 aliphatic rings. The second-order valence-electron chi connectivity index (χ2n) is 15.7. The maximum Gasteiger partial charge on any atom is 0.0618 e. The Kier molecular flexibility index (Phi) is 7.55. The molecule has 2 heteroatoms. The van der Waals surface area contributed by atoms with E-state index in [1.54, 1.807) is 0 Å². The quantitative estimate of drug-likeness (QED) is 0.122. The minimum atomic E-state index is -0.124. The van der Waals surface area contributed by atoms with Crippen molar-refractivity contribution in [2.24, 2.45) is 0 Å². The van der Waals surface area contributed by atoms with E-state index >= 15 is 0 Å². The molecule has 10 aromatic rings. The third kappa shape index (κ3) is 5.11. The molecule has 1 aromatic heterocycles. The molecule has 0 fully saturated rings. The summed E-state index contributed by atoms with van der Waals surface area (Å²) in [5, 5.41) is 7.45. The minimum absolute atomic E-state index is 0.124. The molecule has 9 aromatic carbocycles. The zero-order valence-electron chi connectivity index (χ0n) is 32.0. The van der Waals surface area contributed by atoms with Gasteiger partial charge < -0.3 is 9.47 Å². The predicted molar refractivity (Wildman–Crippen MR) is 243 cm³/mol. The standard InChI is InChI=1S/C55H40N2/c1-55(2)50-27-15-13-23-44(50)46-35-36-49-45-24-14-16-28-51(45)57(54(49)52(46)55)40-32-29-37(30-33-40)31-34-43-41-21-9-11-25-47(41)53(48-26-12-10-22-42(43)48)56(38-17-5-3-6-18-38)39-19-7-4-8-20-39/h3-36H,1-2H3. The van der Waals surface area contributed by atoms with Gasteiger partial charge >= 0.3 is 0 Å². The zero-order valence-corrected chi connectivity index (χ0v) is 32.0. The van der Waals surface area contributed by atoms with E-state index < -0.39 is 0 Å². The van der Waals surface area contributed by atoms with E-state index in [2.05, 4.69) is 230 Å². The van der Waals surface area contributed by atoms with E-state index in [9.17, 15) is 0 Å². The third-order valence-electron chi connectivity index (χ3n) is 12.1. The second kappa shape index (κ2) is 13.0.